The summed E-state index contributed by atoms with van der Waals surface area (Å²) in [5.74, 6) is -0.00104. The van der Waals surface area contributed by atoms with Crippen molar-refractivity contribution in [3.8, 4) is 0 Å². The molecule has 0 fully saturated rings. The summed E-state index contributed by atoms with van der Waals surface area (Å²) in [4.78, 5) is 21.0. The van der Waals surface area contributed by atoms with Crippen molar-refractivity contribution in [1.29, 1.82) is 0 Å². The van der Waals surface area contributed by atoms with E-state index in [-0.39, 0.29) is 5.91 Å². The zero-order valence-electron chi connectivity index (χ0n) is 17.9. The maximum absolute atomic E-state index is 12.4. The second-order valence-corrected chi connectivity index (χ2v) is 8.16. The van der Waals surface area contributed by atoms with E-state index in [9.17, 15) is 4.79 Å². The van der Waals surface area contributed by atoms with Gasteiger partial charge in [0, 0.05) is 33.7 Å². The lowest BCUT2D eigenvalue weighted by Crippen LogP contribution is -2.29. The highest BCUT2D eigenvalue weighted by Gasteiger charge is 2.15. The summed E-state index contributed by atoms with van der Waals surface area (Å²) in [6, 6.07) is 16.6. The Morgan fingerprint density at radius 2 is 1.83 bits per heavy atom. The predicted molar refractivity (Wildman–Crippen MR) is 122 cm³/mol. The minimum atomic E-state index is -0.00104. The Bertz CT molecular complexity index is 1040. The van der Waals surface area contributed by atoms with Gasteiger partial charge in [-0.05, 0) is 49.1 Å². The van der Waals surface area contributed by atoms with E-state index in [0.29, 0.717) is 5.56 Å². The summed E-state index contributed by atoms with van der Waals surface area (Å²) in [7, 11) is 3.55. The van der Waals surface area contributed by atoms with Crippen molar-refractivity contribution in [3.05, 3.63) is 72.1 Å². The van der Waals surface area contributed by atoms with Crippen LogP contribution in [0, 0.1) is 0 Å². The van der Waals surface area contributed by atoms with Crippen molar-refractivity contribution < 1.29 is 4.79 Å². The van der Waals surface area contributed by atoms with Crippen molar-refractivity contribution in [2.75, 3.05) is 33.7 Å². The fraction of sp³-hybridized carbons (Fsp3) is 0.360. The molecule has 2 aromatic carbocycles. The Kier molecular flexibility index (Phi) is 6.29. The molecule has 1 aliphatic heterocycles. The van der Waals surface area contributed by atoms with Crippen molar-refractivity contribution >= 4 is 22.5 Å². The van der Waals surface area contributed by atoms with Crippen LogP contribution in [0.2, 0.25) is 0 Å². The van der Waals surface area contributed by atoms with Crippen LogP contribution in [-0.4, -0.2) is 59.0 Å². The zero-order valence-corrected chi connectivity index (χ0v) is 17.9. The number of carbonyl (C=O) groups excluding carboxylic acids is 1. The second-order valence-electron chi connectivity index (χ2n) is 8.16. The summed E-state index contributed by atoms with van der Waals surface area (Å²) >= 11 is 0. The van der Waals surface area contributed by atoms with Gasteiger partial charge in [0.25, 0.3) is 5.91 Å². The second kappa shape index (κ2) is 9.26. The molecule has 0 saturated heterocycles. The number of para-hydroxylation sites is 1. The third-order valence-corrected chi connectivity index (χ3v) is 5.85. The van der Waals surface area contributed by atoms with Crippen LogP contribution in [0.5, 0.6) is 0 Å². The molecular weight excluding hydrogens is 372 g/mol. The molecule has 5 nitrogen and oxygen atoms in total. The van der Waals surface area contributed by atoms with E-state index < -0.39 is 0 Å². The van der Waals surface area contributed by atoms with Crippen molar-refractivity contribution in [3.63, 3.8) is 0 Å². The van der Waals surface area contributed by atoms with E-state index in [1.807, 2.05) is 18.5 Å². The largest absolute Gasteiger partial charge is 0.345 e. The zero-order chi connectivity index (χ0) is 20.9. The minimum Gasteiger partial charge on any atom is -0.345 e. The van der Waals surface area contributed by atoms with Crippen LogP contribution in [-0.2, 0) is 6.54 Å². The topological polar surface area (TPSA) is 41.4 Å². The van der Waals surface area contributed by atoms with Gasteiger partial charge in [-0.25, -0.2) is 4.98 Å². The Balaban J connectivity index is 1.29. The molecule has 0 radical (unpaired) electrons. The highest BCUT2D eigenvalue weighted by molar-refractivity contribution is 6.04. The number of unbranched alkanes of at least 4 members (excludes halogenated alkanes) is 1. The molecule has 0 unspecified atom stereocenters. The number of carbonyl (C=O) groups is 1. The fourth-order valence-corrected chi connectivity index (χ4v) is 4.13. The summed E-state index contributed by atoms with van der Waals surface area (Å²) in [6.45, 7) is 4.21. The average Bonchev–Trinajstić information content (AvgIpc) is 3.20. The van der Waals surface area contributed by atoms with Crippen molar-refractivity contribution in [2.45, 2.75) is 25.8 Å². The molecular formula is C25H30N4O. The first kappa shape index (κ1) is 20.4. The van der Waals surface area contributed by atoms with Gasteiger partial charge in [-0.2, -0.15) is 0 Å². The summed E-state index contributed by atoms with van der Waals surface area (Å²) in [5, 5.41) is 0. The van der Waals surface area contributed by atoms with E-state index in [1.165, 1.54) is 11.1 Å². The number of hydrogen-bond acceptors (Lipinski definition) is 3. The van der Waals surface area contributed by atoms with Gasteiger partial charge in [0.05, 0.1) is 17.4 Å². The molecule has 4 rings (SSSR count). The molecule has 0 spiro atoms. The monoisotopic (exact) mass is 402 g/mol. The molecule has 156 valence electrons. The summed E-state index contributed by atoms with van der Waals surface area (Å²) in [5.41, 5.74) is 5.34. The van der Waals surface area contributed by atoms with Crippen LogP contribution >= 0.6 is 0 Å². The van der Waals surface area contributed by atoms with Crippen LogP contribution in [0.15, 0.2) is 60.9 Å². The van der Waals surface area contributed by atoms with E-state index in [0.717, 1.165) is 56.5 Å². The van der Waals surface area contributed by atoms with Crippen LogP contribution in [0.25, 0.3) is 16.6 Å². The number of nitrogens with zero attached hydrogens (tertiary/aromatic N) is 4. The van der Waals surface area contributed by atoms with Gasteiger partial charge < -0.3 is 9.47 Å². The molecule has 2 heterocycles. The average molecular weight is 403 g/mol. The fourth-order valence-electron chi connectivity index (χ4n) is 4.13. The molecule has 0 atom stereocenters. The van der Waals surface area contributed by atoms with Crippen molar-refractivity contribution in [2.24, 2.45) is 0 Å². The number of rotatable bonds is 7. The van der Waals surface area contributed by atoms with Gasteiger partial charge in [0.15, 0.2) is 0 Å². The third-order valence-electron chi connectivity index (χ3n) is 5.85. The molecule has 1 amide bonds. The molecule has 1 aliphatic rings. The van der Waals surface area contributed by atoms with Gasteiger partial charge >= 0.3 is 0 Å². The van der Waals surface area contributed by atoms with Crippen LogP contribution in [0.4, 0.5) is 0 Å². The number of imidazole rings is 1. The number of aryl methyl sites for hydroxylation is 1. The first-order chi connectivity index (χ1) is 14.6. The van der Waals surface area contributed by atoms with Crippen LogP contribution < -0.4 is 0 Å². The number of fused-ring (bicyclic) bond motifs is 1. The quantitative estimate of drug-likeness (QED) is 0.553. The lowest BCUT2D eigenvalue weighted by atomic mass is 9.99. The molecule has 3 aromatic rings. The maximum atomic E-state index is 12.4. The first-order valence-electron chi connectivity index (χ1n) is 10.8. The maximum Gasteiger partial charge on any atom is 0.255 e. The Morgan fingerprint density at radius 1 is 1.03 bits per heavy atom. The molecule has 30 heavy (non-hydrogen) atoms. The first-order valence-corrected chi connectivity index (χ1v) is 10.8. The van der Waals surface area contributed by atoms with Crippen LogP contribution in [0.1, 0.15) is 35.2 Å². The predicted octanol–water partition coefficient (Wildman–Crippen LogP) is 4.31. The summed E-state index contributed by atoms with van der Waals surface area (Å²) in [6.07, 6.45) is 7.63. The van der Waals surface area contributed by atoms with Gasteiger partial charge in [-0.3, -0.25) is 9.69 Å². The van der Waals surface area contributed by atoms with Gasteiger partial charge in [0.1, 0.15) is 5.52 Å². The Labute approximate surface area is 178 Å². The molecule has 0 N–H and O–H groups in total. The van der Waals surface area contributed by atoms with E-state index in [2.05, 4.69) is 56.9 Å². The lowest BCUT2D eigenvalue weighted by molar-refractivity contribution is 0.0829. The molecule has 5 heteroatoms. The normalized spacial score (nSPS) is 14.7. The SMILES string of the molecule is CN(C)C(=O)c1cccc2c1ncn2CCCCN1CC=C(c2ccccc2)CC1. The number of benzene rings is 2. The highest BCUT2D eigenvalue weighted by Crippen LogP contribution is 2.22. The van der Waals surface area contributed by atoms with Crippen LogP contribution in [0.3, 0.4) is 0 Å². The number of amides is 1. The molecule has 0 aliphatic carbocycles. The highest BCUT2D eigenvalue weighted by atomic mass is 16.2. The number of aromatic nitrogens is 2. The molecule has 0 bridgehead atoms. The van der Waals surface area contributed by atoms with Gasteiger partial charge in [0.2, 0.25) is 0 Å². The van der Waals surface area contributed by atoms with E-state index in [4.69, 9.17) is 0 Å². The Morgan fingerprint density at radius 3 is 2.57 bits per heavy atom. The molecule has 0 saturated carbocycles. The lowest BCUT2D eigenvalue weighted by Gasteiger charge is -2.26. The van der Waals surface area contributed by atoms with Gasteiger partial charge in [-0.1, -0.05) is 42.5 Å². The number of hydrogen-bond donors (Lipinski definition) is 0. The van der Waals surface area contributed by atoms with Crippen molar-refractivity contribution in [1.82, 2.24) is 19.4 Å². The smallest absolute Gasteiger partial charge is 0.255 e. The van der Waals surface area contributed by atoms with Gasteiger partial charge in [-0.15, -0.1) is 0 Å². The Hall–Kier alpha value is -2.92. The van der Waals surface area contributed by atoms with E-state index >= 15 is 0 Å². The minimum absolute atomic E-state index is 0.00104. The van der Waals surface area contributed by atoms with E-state index in [1.54, 1.807) is 19.0 Å². The molecule has 1 aromatic heterocycles. The summed E-state index contributed by atoms with van der Waals surface area (Å²) < 4.78 is 2.17. The third kappa shape index (κ3) is 4.46. The standard InChI is InChI=1S/C25H30N4O/c1-27(2)25(30)22-11-8-12-23-24(22)26-19-29(23)16-7-6-15-28-17-13-21(14-18-28)20-9-4-3-5-10-20/h3-5,8-13,19H,6-7,14-18H2,1-2H3.